The number of H-pyrrole nitrogens is 1. The molecule has 0 radical (unpaired) electrons. The molecule has 1 saturated heterocycles. The molecule has 0 aliphatic carbocycles. The molecule has 33 heavy (non-hydrogen) atoms. The van der Waals surface area contributed by atoms with Crippen molar-refractivity contribution in [1.82, 2.24) is 15.3 Å². The van der Waals surface area contributed by atoms with Crippen LogP contribution in [0.25, 0.3) is 22.3 Å². The lowest BCUT2D eigenvalue weighted by molar-refractivity contribution is -0.121. The minimum Gasteiger partial charge on any atom is -0.497 e. The molecule has 8 nitrogen and oxygen atoms in total. The number of amides is 1. The number of anilines is 1. The van der Waals surface area contributed by atoms with Crippen molar-refractivity contribution in [1.29, 1.82) is 0 Å². The van der Waals surface area contributed by atoms with E-state index in [2.05, 4.69) is 20.2 Å². The number of aromatic nitrogens is 2. The average molecular weight is 451 g/mol. The number of piperidine rings is 1. The fraction of sp³-hybridized carbons (Fsp3) is 0.400. The van der Waals surface area contributed by atoms with Crippen molar-refractivity contribution in [3.05, 3.63) is 46.8 Å². The Morgan fingerprint density at radius 3 is 2.52 bits per heavy atom. The molecular weight excluding hydrogens is 420 g/mol. The van der Waals surface area contributed by atoms with Crippen LogP contribution in [-0.4, -0.2) is 49.2 Å². The molecule has 3 aromatic rings. The van der Waals surface area contributed by atoms with Gasteiger partial charge in [0.05, 0.1) is 19.7 Å². The van der Waals surface area contributed by atoms with Crippen molar-refractivity contribution in [2.45, 2.75) is 38.6 Å². The molecule has 0 unspecified atom stereocenters. The number of benzene rings is 2. The number of carbonyl (C=O) groups excluding carboxylic acids is 1. The van der Waals surface area contributed by atoms with Gasteiger partial charge in [-0.1, -0.05) is 6.92 Å². The summed E-state index contributed by atoms with van der Waals surface area (Å²) >= 11 is 0. The molecule has 0 spiro atoms. The number of nitrogens with zero attached hydrogens (tertiary/aromatic N) is 2. The molecule has 0 saturated carbocycles. The summed E-state index contributed by atoms with van der Waals surface area (Å²) in [6.45, 7) is 3.80. The summed E-state index contributed by atoms with van der Waals surface area (Å²) in [5, 5.41) is 3.53. The average Bonchev–Trinajstić information content (AvgIpc) is 2.83. The van der Waals surface area contributed by atoms with E-state index in [1.807, 2.05) is 31.2 Å². The summed E-state index contributed by atoms with van der Waals surface area (Å²) in [5.41, 5.74) is 2.19. The van der Waals surface area contributed by atoms with Gasteiger partial charge in [-0.25, -0.2) is 4.98 Å². The lowest BCUT2D eigenvalue weighted by Crippen LogP contribution is -2.44. The highest BCUT2D eigenvalue weighted by molar-refractivity contribution is 5.87. The Morgan fingerprint density at radius 2 is 1.88 bits per heavy atom. The Labute approximate surface area is 192 Å². The zero-order valence-electron chi connectivity index (χ0n) is 19.3. The molecule has 174 valence electrons. The summed E-state index contributed by atoms with van der Waals surface area (Å²) in [6.07, 6.45) is 3.32. The van der Waals surface area contributed by atoms with Crippen molar-refractivity contribution in [2.24, 2.45) is 0 Å². The number of carbonyl (C=O) groups is 1. The van der Waals surface area contributed by atoms with E-state index in [9.17, 15) is 9.59 Å². The van der Waals surface area contributed by atoms with Crippen molar-refractivity contribution < 1.29 is 14.3 Å². The Hall–Kier alpha value is -3.55. The van der Waals surface area contributed by atoms with Gasteiger partial charge in [0.25, 0.3) is 5.56 Å². The zero-order chi connectivity index (χ0) is 23.4. The van der Waals surface area contributed by atoms with Gasteiger partial charge in [-0.3, -0.25) is 9.59 Å². The number of hydrogen-bond donors (Lipinski definition) is 2. The van der Waals surface area contributed by atoms with Crippen LogP contribution in [0.3, 0.4) is 0 Å². The van der Waals surface area contributed by atoms with Crippen LogP contribution in [0.1, 0.15) is 32.6 Å². The largest absolute Gasteiger partial charge is 0.497 e. The van der Waals surface area contributed by atoms with Gasteiger partial charge in [0, 0.05) is 48.9 Å². The molecule has 1 amide bonds. The first-order chi connectivity index (χ1) is 16.0. The Bertz CT molecular complexity index is 1180. The Kier molecular flexibility index (Phi) is 6.82. The highest BCUT2D eigenvalue weighted by Gasteiger charge is 2.21. The van der Waals surface area contributed by atoms with E-state index in [4.69, 9.17) is 9.47 Å². The molecule has 8 heteroatoms. The summed E-state index contributed by atoms with van der Waals surface area (Å²) < 4.78 is 10.7. The van der Waals surface area contributed by atoms with Gasteiger partial charge in [0.15, 0.2) is 0 Å². The molecular formula is C25H30N4O4. The predicted octanol–water partition coefficient (Wildman–Crippen LogP) is 3.49. The van der Waals surface area contributed by atoms with E-state index >= 15 is 0 Å². The molecule has 1 aliphatic rings. The van der Waals surface area contributed by atoms with Gasteiger partial charge in [0.2, 0.25) is 5.91 Å². The van der Waals surface area contributed by atoms with E-state index in [1.165, 1.54) is 7.11 Å². The number of methoxy groups -OCH3 is 2. The third kappa shape index (κ3) is 4.94. The van der Waals surface area contributed by atoms with Crippen molar-refractivity contribution in [3.8, 4) is 22.9 Å². The second kappa shape index (κ2) is 9.94. The quantitative estimate of drug-likeness (QED) is 0.572. The van der Waals surface area contributed by atoms with Crippen molar-refractivity contribution >= 4 is 22.5 Å². The van der Waals surface area contributed by atoms with Crippen LogP contribution >= 0.6 is 0 Å². The third-order valence-corrected chi connectivity index (χ3v) is 6.04. The van der Waals surface area contributed by atoms with Crippen molar-refractivity contribution in [2.75, 3.05) is 32.2 Å². The highest BCUT2D eigenvalue weighted by Crippen LogP contribution is 2.29. The van der Waals surface area contributed by atoms with E-state index in [-0.39, 0.29) is 17.5 Å². The van der Waals surface area contributed by atoms with Crippen LogP contribution < -0.4 is 25.2 Å². The molecule has 1 aromatic heterocycles. The first-order valence-corrected chi connectivity index (χ1v) is 11.3. The smallest absolute Gasteiger partial charge is 0.262 e. The molecule has 2 heterocycles. The SMILES string of the molecule is CCCC(=O)NC1CCN(c2ccc(-c3nc4cc(OC)cc(OC)c4c(=O)[nH]3)cc2)CC1. The first-order valence-electron chi connectivity index (χ1n) is 11.3. The van der Waals surface area contributed by atoms with E-state index < -0.39 is 0 Å². The number of aromatic amines is 1. The van der Waals surface area contributed by atoms with Crippen molar-refractivity contribution in [3.63, 3.8) is 0 Å². The predicted molar refractivity (Wildman–Crippen MR) is 129 cm³/mol. The fourth-order valence-electron chi connectivity index (χ4n) is 4.27. The number of ether oxygens (including phenoxy) is 2. The van der Waals surface area contributed by atoms with Gasteiger partial charge in [-0.2, -0.15) is 0 Å². The summed E-state index contributed by atoms with van der Waals surface area (Å²) in [4.78, 5) is 34.4. The van der Waals surface area contributed by atoms with Gasteiger partial charge in [-0.05, 0) is 43.5 Å². The maximum absolute atomic E-state index is 12.8. The third-order valence-electron chi connectivity index (χ3n) is 6.04. The fourth-order valence-corrected chi connectivity index (χ4v) is 4.27. The highest BCUT2D eigenvalue weighted by atomic mass is 16.5. The first kappa shape index (κ1) is 22.6. The van der Waals surface area contributed by atoms with Crippen LogP contribution in [0.5, 0.6) is 11.5 Å². The summed E-state index contributed by atoms with van der Waals surface area (Å²) in [6, 6.07) is 11.7. The van der Waals surface area contributed by atoms with Crippen LogP contribution in [0.15, 0.2) is 41.2 Å². The molecule has 0 atom stereocenters. The maximum Gasteiger partial charge on any atom is 0.262 e. The number of hydrogen-bond acceptors (Lipinski definition) is 6. The molecule has 4 rings (SSSR count). The lowest BCUT2D eigenvalue weighted by atomic mass is 10.0. The number of fused-ring (bicyclic) bond motifs is 1. The second-order valence-corrected chi connectivity index (χ2v) is 8.26. The minimum atomic E-state index is -0.259. The second-order valence-electron chi connectivity index (χ2n) is 8.26. The topological polar surface area (TPSA) is 96.6 Å². The van der Waals surface area contributed by atoms with Crippen LogP contribution in [0, 0.1) is 0 Å². The lowest BCUT2D eigenvalue weighted by Gasteiger charge is -2.34. The number of rotatable bonds is 7. The zero-order valence-corrected chi connectivity index (χ0v) is 19.3. The van der Waals surface area contributed by atoms with Crippen LogP contribution in [0.2, 0.25) is 0 Å². The summed E-state index contributed by atoms with van der Waals surface area (Å²) in [5.74, 6) is 1.64. The number of nitrogens with one attached hydrogen (secondary N) is 2. The standard InChI is InChI=1S/C25H30N4O4/c1-4-5-22(30)26-17-10-12-29(13-11-17)18-8-6-16(7-9-18)24-27-20-14-19(32-2)15-21(33-3)23(20)25(31)28-24/h6-9,14-15,17H,4-5,10-13H2,1-3H3,(H,26,30)(H,27,28,31). The normalized spacial score (nSPS) is 14.3. The Morgan fingerprint density at radius 1 is 1.15 bits per heavy atom. The van der Waals surface area contributed by atoms with Gasteiger partial charge in [0.1, 0.15) is 22.7 Å². The molecule has 1 aliphatic heterocycles. The van der Waals surface area contributed by atoms with Gasteiger partial charge in [-0.15, -0.1) is 0 Å². The van der Waals surface area contributed by atoms with E-state index in [0.717, 1.165) is 43.6 Å². The summed E-state index contributed by atoms with van der Waals surface area (Å²) in [7, 11) is 3.08. The van der Waals surface area contributed by atoms with Crippen LogP contribution in [-0.2, 0) is 4.79 Å². The molecule has 1 fully saturated rings. The monoisotopic (exact) mass is 450 g/mol. The van der Waals surface area contributed by atoms with Crippen LogP contribution in [0.4, 0.5) is 5.69 Å². The minimum absolute atomic E-state index is 0.146. The molecule has 0 bridgehead atoms. The maximum atomic E-state index is 12.8. The van der Waals surface area contributed by atoms with Gasteiger partial charge >= 0.3 is 0 Å². The molecule has 2 aromatic carbocycles. The Balaban J connectivity index is 1.51. The molecule has 2 N–H and O–H groups in total. The van der Waals surface area contributed by atoms with Gasteiger partial charge < -0.3 is 24.7 Å². The van der Waals surface area contributed by atoms with E-state index in [0.29, 0.717) is 34.6 Å². The van der Waals surface area contributed by atoms with E-state index in [1.54, 1.807) is 19.2 Å².